The Balaban J connectivity index is 1.17. The van der Waals surface area contributed by atoms with Gasteiger partial charge in [0.25, 0.3) is 5.56 Å². The van der Waals surface area contributed by atoms with Crippen molar-refractivity contribution in [1.82, 2.24) is 39.5 Å². The summed E-state index contributed by atoms with van der Waals surface area (Å²) >= 11 is 8.92. The molecule has 2 aliphatic heterocycles. The maximum Gasteiger partial charge on any atom is 0.582 e. The van der Waals surface area contributed by atoms with Crippen LogP contribution in [-0.4, -0.2) is 93.3 Å². The van der Waals surface area contributed by atoms with Gasteiger partial charge in [0.1, 0.15) is 55.0 Å². The number of hydrogen-bond donors (Lipinski definition) is 6. The molecule has 0 amide bonds. The van der Waals surface area contributed by atoms with Gasteiger partial charge in [-0.25, -0.2) is 14.4 Å². The van der Waals surface area contributed by atoms with Gasteiger partial charge in [-0.2, -0.15) is 9.67 Å². The number of aliphatic hydroxyl groups excluding tert-OH is 1. The predicted molar refractivity (Wildman–Crippen MR) is 156 cm³/mol. The molecule has 0 aromatic carbocycles. The SMILES string of the molecule is Nc1nc2c(nnn2[C@@H]2O[C@H](CO[P+](=O)S)C[C@H]2OP(O)(=S)OC[C@H]2O[C@@H](n3ccc4c(N)ncnc43)[C@@H](F)[C@@H]2O)c(=O)[nH]1. The summed E-state index contributed by atoms with van der Waals surface area (Å²) in [6.45, 7) is -4.87. The standard InChI is InChI=1S/C20H23FN10O9P2S2/c21-11-13(32)10(39-19(11)30-2-1-8-14(22)24-6-25-15(8)30)5-37-42(35,44)40-9-3-7(4-36-41(34)43)38-18(9)31-16-12(28-29-31)17(33)27-20(23)26-16/h1-2,6-7,9-11,13,18-19,32H,3-5H2,(H6-,22,23,24,25,26,27,29,33,34,35,43,44)/p+1/t7-,9+,10+,11-,13+,18+,19+,42?/m0/s1. The van der Waals surface area contributed by atoms with Crippen molar-refractivity contribution in [2.45, 2.75) is 49.5 Å². The number of H-pyrrole nitrogens is 1. The zero-order valence-electron chi connectivity index (χ0n) is 22.1. The van der Waals surface area contributed by atoms with Crippen LogP contribution in [0, 0.1) is 0 Å². The maximum atomic E-state index is 15.2. The lowest BCUT2D eigenvalue weighted by Gasteiger charge is -2.25. The van der Waals surface area contributed by atoms with Gasteiger partial charge in [0.15, 0.2) is 29.8 Å². The molecule has 2 unspecified atom stereocenters. The van der Waals surface area contributed by atoms with E-state index in [4.69, 9.17) is 46.3 Å². The summed E-state index contributed by atoms with van der Waals surface area (Å²) < 4.78 is 57.0. The van der Waals surface area contributed by atoms with Crippen LogP contribution < -0.4 is 17.0 Å². The molecule has 6 rings (SSSR count). The Hall–Kier alpha value is -2.75. The van der Waals surface area contributed by atoms with E-state index < -0.39 is 69.2 Å². The van der Waals surface area contributed by atoms with Crippen LogP contribution in [-0.2, 0) is 39.4 Å². The summed E-state index contributed by atoms with van der Waals surface area (Å²) in [5, 5.41) is 18.8. The van der Waals surface area contributed by atoms with E-state index in [9.17, 15) is 19.4 Å². The van der Waals surface area contributed by atoms with E-state index in [1.165, 1.54) is 17.1 Å². The first-order chi connectivity index (χ1) is 20.9. The number of nitrogens with two attached hydrogens (primary N) is 2. The zero-order valence-corrected chi connectivity index (χ0v) is 25.6. The maximum absolute atomic E-state index is 15.2. The average molecular weight is 694 g/mol. The molecule has 19 nitrogen and oxygen atoms in total. The second-order valence-corrected chi connectivity index (χ2v) is 14.2. The number of fused-ring (bicyclic) bond motifs is 2. The third-order valence-electron chi connectivity index (χ3n) is 6.89. The Morgan fingerprint density at radius 1 is 1.27 bits per heavy atom. The van der Waals surface area contributed by atoms with Crippen LogP contribution in [0.4, 0.5) is 16.2 Å². The van der Waals surface area contributed by atoms with Gasteiger partial charge in [0.05, 0.1) is 18.1 Å². The summed E-state index contributed by atoms with van der Waals surface area (Å²) in [4.78, 5) is 37.6. The van der Waals surface area contributed by atoms with E-state index in [0.717, 1.165) is 4.68 Å². The lowest BCUT2D eigenvalue weighted by molar-refractivity contribution is -0.0573. The normalized spacial score (nSPS) is 29.0. The largest absolute Gasteiger partial charge is 0.582 e. The molecule has 2 saturated heterocycles. The van der Waals surface area contributed by atoms with Gasteiger partial charge >= 0.3 is 13.9 Å². The van der Waals surface area contributed by atoms with E-state index >= 15 is 4.39 Å². The number of aromatic amines is 1. The number of nitrogens with zero attached hydrogens (tertiary/aromatic N) is 7. The Morgan fingerprint density at radius 2 is 2.07 bits per heavy atom. The van der Waals surface area contributed by atoms with Crippen molar-refractivity contribution in [2.24, 2.45) is 0 Å². The first-order valence-electron chi connectivity index (χ1n) is 12.7. The lowest BCUT2D eigenvalue weighted by atomic mass is 10.1. The fourth-order valence-corrected chi connectivity index (χ4v) is 6.88. The van der Waals surface area contributed by atoms with Crippen LogP contribution in [0.2, 0.25) is 0 Å². The molecule has 6 heterocycles. The van der Waals surface area contributed by atoms with Crippen LogP contribution in [0.5, 0.6) is 0 Å². The summed E-state index contributed by atoms with van der Waals surface area (Å²) in [7, 11) is -2.26. The molecule has 4 aromatic heterocycles. The summed E-state index contributed by atoms with van der Waals surface area (Å²) in [6, 6.07) is 1.59. The van der Waals surface area contributed by atoms with Crippen molar-refractivity contribution in [2.75, 3.05) is 24.7 Å². The molecule has 0 bridgehead atoms. The molecule has 0 saturated carbocycles. The average Bonchev–Trinajstić information content (AvgIpc) is 3.73. The second kappa shape index (κ2) is 12.2. The molecule has 9 atom stereocenters. The minimum absolute atomic E-state index is 0.0207. The topological polar surface area (TPSA) is 263 Å². The van der Waals surface area contributed by atoms with Gasteiger partial charge in [-0.1, -0.05) is 5.21 Å². The Bertz CT molecular complexity index is 1830. The van der Waals surface area contributed by atoms with Crippen LogP contribution in [0.1, 0.15) is 18.9 Å². The van der Waals surface area contributed by atoms with Gasteiger partial charge in [0, 0.05) is 12.6 Å². The number of nitrogens with one attached hydrogen (secondary N) is 1. The number of aliphatic hydroxyl groups is 1. The van der Waals surface area contributed by atoms with E-state index in [1.807, 2.05) is 0 Å². The van der Waals surface area contributed by atoms with Crippen molar-refractivity contribution in [3.05, 3.63) is 28.9 Å². The van der Waals surface area contributed by atoms with Crippen LogP contribution in [0.15, 0.2) is 23.4 Å². The first-order valence-corrected chi connectivity index (χ1v) is 17.6. The van der Waals surface area contributed by atoms with E-state index in [0.29, 0.717) is 11.0 Å². The Kier molecular flexibility index (Phi) is 8.67. The minimum Gasteiger partial charge on any atom is -0.387 e. The fourth-order valence-electron chi connectivity index (χ4n) is 4.94. The molecule has 2 fully saturated rings. The minimum atomic E-state index is -4.14. The Morgan fingerprint density at radius 3 is 2.84 bits per heavy atom. The first kappa shape index (κ1) is 31.2. The second-order valence-electron chi connectivity index (χ2n) is 9.70. The lowest BCUT2D eigenvalue weighted by Crippen LogP contribution is -2.31. The molecule has 2 aliphatic rings. The van der Waals surface area contributed by atoms with Crippen LogP contribution >= 0.6 is 26.2 Å². The number of anilines is 2. The van der Waals surface area contributed by atoms with E-state index in [-0.39, 0.29) is 36.0 Å². The summed E-state index contributed by atoms with van der Waals surface area (Å²) in [6.07, 6.45) is -6.40. The predicted octanol–water partition coefficient (Wildman–Crippen LogP) is 0.230. The number of ether oxygens (including phenoxy) is 2. The molecule has 24 heteroatoms. The number of aromatic nitrogens is 8. The van der Waals surface area contributed by atoms with Gasteiger partial charge in [-0.3, -0.25) is 9.78 Å². The number of hydrogen-bond acceptors (Lipinski definition) is 16. The highest BCUT2D eigenvalue weighted by molar-refractivity contribution is 8.39. The van der Waals surface area contributed by atoms with Crippen molar-refractivity contribution >= 4 is 72.0 Å². The smallest absolute Gasteiger partial charge is 0.387 e. The molecular weight excluding hydrogens is 669 g/mol. The van der Waals surface area contributed by atoms with E-state index in [2.05, 4.69) is 42.5 Å². The van der Waals surface area contributed by atoms with Gasteiger partial charge in [-0.15, -0.1) is 9.62 Å². The third kappa shape index (κ3) is 6.07. The number of rotatable bonds is 10. The molecule has 0 radical (unpaired) electrons. The van der Waals surface area contributed by atoms with Crippen molar-refractivity contribution in [3.63, 3.8) is 0 Å². The quantitative estimate of drug-likeness (QED) is 0.0959. The molecule has 0 aliphatic carbocycles. The van der Waals surface area contributed by atoms with Crippen molar-refractivity contribution in [1.29, 1.82) is 0 Å². The van der Waals surface area contributed by atoms with Crippen molar-refractivity contribution < 1.29 is 42.0 Å². The van der Waals surface area contributed by atoms with Crippen LogP contribution in [0.3, 0.4) is 0 Å². The Labute approximate surface area is 256 Å². The number of nitrogen functional groups attached to an aromatic ring is 2. The molecule has 44 heavy (non-hydrogen) atoms. The fraction of sp³-hybridized carbons (Fsp3) is 0.500. The summed E-state index contributed by atoms with van der Waals surface area (Å²) in [5.41, 5.74) is 11.0. The number of halogens is 1. The summed E-state index contributed by atoms with van der Waals surface area (Å²) in [5.74, 6) is -0.0272. The number of alkyl halides is 1. The van der Waals surface area contributed by atoms with E-state index in [1.54, 1.807) is 6.07 Å². The highest BCUT2D eigenvalue weighted by Crippen LogP contribution is 2.50. The molecular formula is C20H24FN10O9P2S2+. The van der Waals surface area contributed by atoms with Crippen molar-refractivity contribution in [3.8, 4) is 0 Å². The third-order valence-corrected chi connectivity index (χ3v) is 9.19. The molecule has 0 spiro atoms. The van der Waals surface area contributed by atoms with Crippen LogP contribution in [0.25, 0.3) is 22.2 Å². The molecule has 236 valence electrons. The van der Waals surface area contributed by atoms with Gasteiger partial charge in [-0.05, 0) is 22.4 Å². The molecule has 4 aromatic rings. The highest BCUT2D eigenvalue weighted by atomic mass is 32.7. The van der Waals surface area contributed by atoms with Gasteiger partial charge in [0.2, 0.25) is 5.95 Å². The highest BCUT2D eigenvalue weighted by Gasteiger charge is 2.47. The monoisotopic (exact) mass is 693 g/mol. The number of thiol groups is 1. The zero-order chi connectivity index (χ0) is 31.3. The molecule has 7 N–H and O–H groups in total. The van der Waals surface area contributed by atoms with Gasteiger partial charge < -0.3 is 44.6 Å².